The Morgan fingerprint density at radius 3 is 2.30 bits per heavy atom. The monoisotopic (exact) mass is 388 g/mol. The number of aryl methyl sites for hydroxylation is 2. The first-order valence-corrected chi connectivity index (χ1v) is 10.8. The summed E-state index contributed by atoms with van der Waals surface area (Å²) in [7, 11) is -1.90. The van der Waals surface area contributed by atoms with Crippen molar-refractivity contribution >= 4 is 10.0 Å². The SMILES string of the molecule is COc1ccc(C(CNS(=O)(=O)c2ccc(C)c(C)c2)N2CCCC2)cc1. The fraction of sp³-hybridized carbons (Fsp3) is 0.429. The number of likely N-dealkylation sites (tertiary alicyclic amines) is 1. The predicted molar refractivity (Wildman–Crippen MR) is 108 cm³/mol. The topological polar surface area (TPSA) is 58.6 Å². The van der Waals surface area contributed by atoms with Gasteiger partial charge in [0, 0.05) is 12.6 Å². The highest BCUT2D eigenvalue weighted by molar-refractivity contribution is 7.89. The van der Waals surface area contributed by atoms with Crippen LogP contribution in [0.15, 0.2) is 47.4 Å². The Balaban J connectivity index is 1.80. The largest absolute Gasteiger partial charge is 0.497 e. The van der Waals surface area contributed by atoms with E-state index in [1.54, 1.807) is 19.2 Å². The molecule has 1 fully saturated rings. The van der Waals surface area contributed by atoms with E-state index < -0.39 is 10.0 Å². The number of nitrogens with zero attached hydrogens (tertiary/aromatic N) is 1. The Morgan fingerprint density at radius 2 is 1.70 bits per heavy atom. The van der Waals surface area contributed by atoms with Crippen molar-refractivity contribution in [3.05, 3.63) is 59.2 Å². The summed E-state index contributed by atoms with van der Waals surface area (Å²) in [5.41, 5.74) is 3.16. The first-order chi connectivity index (χ1) is 12.9. The highest BCUT2D eigenvalue weighted by Gasteiger charge is 2.25. The number of ether oxygens (including phenoxy) is 1. The lowest BCUT2D eigenvalue weighted by Gasteiger charge is -2.28. The van der Waals surface area contributed by atoms with Crippen LogP contribution in [0.2, 0.25) is 0 Å². The summed E-state index contributed by atoms with van der Waals surface area (Å²) in [5, 5.41) is 0. The minimum absolute atomic E-state index is 0.0136. The molecule has 0 radical (unpaired) electrons. The van der Waals surface area contributed by atoms with Gasteiger partial charge in [-0.05, 0) is 80.7 Å². The van der Waals surface area contributed by atoms with Gasteiger partial charge in [-0.2, -0.15) is 0 Å². The molecule has 2 aromatic carbocycles. The average Bonchev–Trinajstić information content (AvgIpc) is 3.19. The zero-order chi connectivity index (χ0) is 19.4. The van der Waals surface area contributed by atoms with Crippen LogP contribution in [0.1, 0.15) is 35.6 Å². The van der Waals surface area contributed by atoms with Crippen LogP contribution in [-0.2, 0) is 10.0 Å². The van der Waals surface area contributed by atoms with Gasteiger partial charge >= 0.3 is 0 Å². The Kier molecular flexibility index (Phi) is 6.19. The fourth-order valence-corrected chi connectivity index (χ4v) is 4.61. The molecule has 1 saturated heterocycles. The molecule has 6 heteroatoms. The molecule has 1 atom stereocenters. The van der Waals surface area contributed by atoms with Gasteiger partial charge in [-0.25, -0.2) is 13.1 Å². The van der Waals surface area contributed by atoms with Crippen molar-refractivity contribution in [2.45, 2.75) is 37.6 Å². The lowest BCUT2D eigenvalue weighted by Crippen LogP contribution is -2.36. The second-order valence-corrected chi connectivity index (χ2v) is 8.90. The van der Waals surface area contributed by atoms with Crippen molar-refractivity contribution in [3.63, 3.8) is 0 Å². The predicted octanol–water partition coefficient (Wildman–Crippen LogP) is 3.43. The number of rotatable bonds is 7. The molecule has 0 bridgehead atoms. The van der Waals surface area contributed by atoms with Crippen molar-refractivity contribution in [2.75, 3.05) is 26.7 Å². The first kappa shape index (κ1) is 19.9. The Morgan fingerprint density at radius 1 is 1.04 bits per heavy atom. The summed E-state index contributed by atoms with van der Waals surface area (Å²) in [6, 6.07) is 13.2. The lowest BCUT2D eigenvalue weighted by molar-refractivity contribution is 0.246. The van der Waals surface area contributed by atoms with Crippen molar-refractivity contribution in [1.82, 2.24) is 9.62 Å². The molecule has 0 spiro atoms. The van der Waals surface area contributed by atoms with Crippen LogP contribution >= 0.6 is 0 Å². The molecule has 1 aliphatic heterocycles. The summed E-state index contributed by atoms with van der Waals surface area (Å²) in [5.74, 6) is 0.801. The maximum absolute atomic E-state index is 12.8. The van der Waals surface area contributed by atoms with Gasteiger partial charge in [-0.15, -0.1) is 0 Å². The van der Waals surface area contributed by atoms with Crippen LogP contribution in [0.5, 0.6) is 5.75 Å². The van der Waals surface area contributed by atoms with E-state index in [4.69, 9.17) is 4.74 Å². The van der Waals surface area contributed by atoms with E-state index >= 15 is 0 Å². The third-order valence-electron chi connectivity index (χ3n) is 5.34. The van der Waals surface area contributed by atoms with E-state index in [1.807, 2.05) is 44.2 Å². The zero-order valence-corrected chi connectivity index (χ0v) is 17.1. The molecule has 146 valence electrons. The van der Waals surface area contributed by atoms with Crippen LogP contribution < -0.4 is 9.46 Å². The van der Waals surface area contributed by atoms with Crippen molar-refractivity contribution < 1.29 is 13.2 Å². The van der Waals surface area contributed by atoms with Gasteiger partial charge in [0.05, 0.1) is 12.0 Å². The van der Waals surface area contributed by atoms with Crippen molar-refractivity contribution in [1.29, 1.82) is 0 Å². The molecule has 1 unspecified atom stereocenters. The molecule has 0 aromatic heterocycles. The molecular weight excluding hydrogens is 360 g/mol. The number of methoxy groups -OCH3 is 1. The third kappa shape index (κ3) is 4.69. The van der Waals surface area contributed by atoms with Crippen LogP contribution in [0.4, 0.5) is 0 Å². The van der Waals surface area contributed by atoms with Crippen LogP contribution in [0.3, 0.4) is 0 Å². The van der Waals surface area contributed by atoms with Crippen LogP contribution in [0, 0.1) is 13.8 Å². The molecule has 3 rings (SSSR count). The van der Waals surface area contributed by atoms with Crippen molar-refractivity contribution in [3.8, 4) is 5.75 Å². The summed E-state index contributed by atoms with van der Waals surface area (Å²) < 4.78 is 33.7. The molecule has 27 heavy (non-hydrogen) atoms. The molecule has 1 heterocycles. The highest BCUT2D eigenvalue weighted by atomic mass is 32.2. The molecule has 1 N–H and O–H groups in total. The number of sulfonamides is 1. The van der Waals surface area contributed by atoms with Gasteiger partial charge in [0.1, 0.15) is 5.75 Å². The Hall–Kier alpha value is -1.89. The van der Waals surface area contributed by atoms with Gasteiger partial charge in [0.25, 0.3) is 0 Å². The quantitative estimate of drug-likeness (QED) is 0.790. The Labute approximate surface area is 162 Å². The number of hydrogen-bond acceptors (Lipinski definition) is 4. The second-order valence-electron chi connectivity index (χ2n) is 7.13. The summed E-state index contributed by atoms with van der Waals surface area (Å²) in [4.78, 5) is 2.67. The number of nitrogens with one attached hydrogen (secondary N) is 1. The lowest BCUT2D eigenvalue weighted by atomic mass is 10.1. The molecule has 0 amide bonds. The second kappa shape index (κ2) is 8.42. The Bertz CT molecular complexity index is 873. The number of hydrogen-bond donors (Lipinski definition) is 1. The molecule has 0 aliphatic carbocycles. The van der Waals surface area contributed by atoms with E-state index in [9.17, 15) is 8.42 Å². The molecule has 5 nitrogen and oxygen atoms in total. The van der Waals surface area contributed by atoms with E-state index in [1.165, 1.54) is 0 Å². The molecule has 0 saturated carbocycles. The van der Waals surface area contributed by atoms with E-state index in [0.29, 0.717) is 11.4 Å². The molecular formula is C21H28N2O3S. The maximum Gasteiger partial charge on any atom is 0.240 e. The molecule has 1 aliphatic rings. The van der Waals surface area contributed by atoms with Gasteiger partial charge < -0.3 is 4.74 Å². The standard InChI is InChI=1S/C21H28N2O3S/c1-16-6-11-20(14-17(16)2)27(24,25)22-15-21(23-12-4-5-13-23)18-7-9-19(26-3)10-8-18/h6-11,14,21-22H,4-5,12-13,15H2,1-3H3. The van der Waals surface area contributed by atoms with Gasteiger partial charge in [0.2, 0.25) is 10.0 Å². The van der Waals surface area contributed by atoms with E-state index in [2.05, 4.69) is 9.62 Å². The van der Waals surface area contributed by atoms with Crippen molar-refractivity contribution in [2.24, 2.45) is 0 Å². The minimum atomic E-state index is -3.55. The highest BCUT2D eigenvalue weighted by Crippen LogP contribution is 2.27. The zero-order valence-electron chi connectivity index (χ0n) is 16.2. The molecule has 2 aromatic rings. The first-order valence-electron chi connectivity index (χ1n) is 9.35. The average molecular weight is 389 g/mol. The normalized spacial score (nSPS) is 16.4. The fourth-order valence-electron chi connectivity index (χ4n) is 3.49. The summed E-state index contributed by atoms with van der Waals surface area (Å²) in [6.07, 6.45) is 2.30. The van der Waals surface area contributed by atoms with Gasteiger partial charge in [-0.3, -0.25) is 4.90 Å². The maximum atomic E-state index is 12.8. The summed E-state index contributed by atoms with van der Waals surface area (Å²) >= 11 is 0. The van der Waals surface area contributed by atoms with Gasteiger partial charge in [0.15, 0.2) is 0 Å². The summed E-state index contributed by atoms with van der Waals surface area (Å²) in [6.45, 7) is 6.23. The third-order valence-corrected chi connectivity index (χ3v) is 6.76. The van der Waals surface area contributed by atoms with Crippen LogP contribution in [0.25, 0.3) is 0 Å². The number of benzene rings is 2. The smallest absolute Gasteiger partial charge is 0.240 e. The van der Waals surface area contributed by atoms with E-state index in [-0.39, 0.29) is 6.04 Å². The van der Waals surface area contributed by atoms with Gasteiger partial charge in [-0.1, -0.05) is 18.2 Å². The van der Waals surface area contributed by atoms with Crippen LogP contribution in [-0.4, -0.2) is 40.1 Å². The van der Waals surface area contributed by atoms with E-state index in [0.717, 1.165) is 48.4 Å². The minimum Gasteiger partial charge on any atom is -0.497 e.